The molecule has 1 atom stereocenters. The summed E-state index contributed by atoms with van der Waals surface area (Å²) >= 11 is 0. The van der Waals surface area contributed by atoms with E-state index in [1.807, 2.05) is 0 Å². The van der Waals surface area contributed by atoms with Gasteiger partial charge in [0.15, 0.2) is 0 Å². The maximum absolute atomic E-state index is 11.8. The molecule has 0 saturated carbocycles. The molecule has 1 aliphatic rings. The van der Waals surface area contributed by atoms with Gasteiger partial charge in [-0.3, -0.25) is 14.4 Å². The lowest BCUT2D eigenvalue weighted by Crippen LogP contribution is -2.41. The molecular formula is C14H14N2O5. The van der Waals surface area contributed by atoms with E-state index in [1.165, 1.54) is 17.0 Å². The number of aliphatic carboxylic acids is 1. The summed E-state index contributed by atoms with van der Waals surface area (Å²) in [5.41, 5.74) is 6.09. The molecule has 0 radical (unpaired) electrons. The molecule has 21 heavy (non-hydrogen) atoms. The van der Waals surface area contributed by atoms with Gasteiger partial charge in [-0.05, 0) is 24.1 Å². The van der Waals surface area contributed by atoms with Crippen LogP contribution in [-0.2, 0) is 20.9 Å². The number of rotatable bonds is 5. The highest BCUT2D eigenvalue weighted by atomic mass is 16.4. The molecule has 1 aromatic rings. The Morgan fingerprint density at radius 2 is 2.05 bits per heavy atom. The molecule has 0 aromatic heterocycles. The second kappa shape index (κ2) is 5.74. The lowest BCUT2D eigenvalue weighted by Gasteiger charge is -2.22. The highest BCUT2D eigenvalue weighted by Crippen LogP contribution is 2.22. The van der Waals surface area contributed by atoms with Crippen LogP contribution in [0.25, 0.3) is 0 Å². The number of carbonyl (C=O) groups excluding carboxylic acids is 3. The number of benzene rings is 1. The highest BCUT2D eigenvalue weighted by Gasteiger charge is 2.38. The van der Waals surface area contributed by atoms with E-state index in [0.29, 0.717) is 11.1 Å². The molecule has 2 amide bonds. The summed E-state index contributed by atoms with van der Waals surface area (Å²) in [6.45, 7) is 0.0731. The summed E-state index contributed by atoms with van der Waals surface area (Å²) in [5.74, 6) is -3.42. The zero-order chi connectivity index (χ0) is 15.6. The Hall–Kier alpha value is -2.70. The zero-order valence-electron chi connectivity index (χ0n) is 11.1. The van der Waals surface area contributed by atoms with Gasteiger partial charge in [-0.25, -0.2) is 4.79 Å². The summed E-state index contributed by atoms with van der Waals surface area (Å²) in [4.78, 5) is 46.6. The van der Waals surface area contributed by atoms with Gasteiger partial charge in [0.05, 0.1) is 0 Å². The molecular weight excluding hydrogens is 276 g/mol. The summed E-state index contributed by atoms with van der Waals surface area (Å²) in [7, 11) is 0. The molecule has 1 heterocycles. The van der Waals surface area contributed by atoms with Crippen LogP contribution in [0.5, 0.6) is 0 Å². The molecule has 1 fully saturated rings. The van der Waals surface area contributed by atoms with Crippen LogP contribution >= 0.6 is 0 Å². The summed E-state index contributed by atoms with van der Waals surface area (Å²) in [6, 6.07) is 5.41. The predicted octanol–water partition coefficient (Wildman–Crippen LogP) is -0.0698. The molecule has 0 spiro atoms. The van der Waals surface area contributed by atoms with E-state index in [-0.39, 0.29) is 25.3 Å². The van der Waals surface area contributed by atoms with Crippen LogP contribution in [0, 0.1) is 0 Å². The maximum Gasteiger partial charge on any atom is 0.374 e. The van der Waals surface area contributed by atoms with Crippen molar-refractivity contribution in [1.29, 1.82) is 0 Å². The molecule has 0 aliphatic carbocycles. The van der Waals surface area contributed by atoms with Gasteiger partial charge >= 0.3 is 5.97 Å². The fraction of sp³-hybridized carbons (Fsp3) is 0.286. The largest absolute Gasteiger partial charge is 0.475 e. The zero-order valence-corrected chi connectivity index (χ0v) is 11.1. The molecule has 3 N–H and O–H groups in total. The first kappa shape index (κ1) is 14.7. The number of nitrogens with zero attached hydrogens (tertiary/aromatic N) is 1. The van der Waals surface area contributed by atoms with Crippen molar-refractivity contribution in [2.24, 2.45) is 5.73 Å². The minimum atomic E-state index is -1.55. The molecule has 7 nitrogen and oxygen atoms in total. The van der Waals surface area contributed by atoms with Gasteiger partial charge in [-0.15, -0.1) is 0 Å². The first-order chi connectivity index (χ1) is 9.90. The number of carbonyl (C=O) groups is 4. The number of Topliss-reactive ketones (excluding diaryl/α,β-unsaturated/α-hetero) is 1. The molecule has 7 heteroatoms. The lowest BCUT2D eigenvalue weighted by molar-refractivity contribution is -0.152. The minimum absolute atomic E-state index is 0.0731. The van der Waals surface area contributed by atoms with Crippen molar-refractivity contribution in [2.45, 2.75) is 25.4 Å². The SMILES string of the molecule is NC(=O)c1cccc(CN2C(=O)CCC2C(=O)C(=O)O)c1. The highest BCUT2D eigenvalue weighted by molar-refractivity contribution is 6.35. The number of likely N-dealkylation sites (tertiary alicyclic amines) is 1. The van der Waals surface area contributed by atoms with E-state index in [0.717, 1.165) is 0 Å². The smallest absolute Gasteiger partial charge is 0.374 e. The van der Waals surface area contributed by atoms with E-state index in [1.54, 1.807) is 12.1 Å². The Labute approximate surface area is 120 Å². The van der Waals surface area contributed by atoms with E-state index in [9.17, 15) is 19.2 Å². The van der Waals surface area contributed by atoms with Gasteiger partial charge in [0.1, 0.15) is 6.04 Å². The second-order valence-electron chi connectivity index (χ2n) is 4.81. The van der Waals surface area contributed by atoms with Gasteiger partial charge in [-0.2, -0.15) is 0 Å². The Morgan fingerprint density at radius 1 is 1.33 bits per heavy atom. The van der Waals surface area contributed by atoms with E-state index in [4.69, 9.17) is 10.8 Å². The van der Waals surface area contributed by atoms with Crippen molar-refractivity contribution in [3.05, 3.63) is 35.4 Å². The van der Waals surface area contributed by atoms with Gasteiger partial charge in [0.2, 0.25) is 11.8 Å². The third-order valence-corrected chi connectivity index (χ3v) is 3.41. The Balaban J connectivity index is 2.22. The third kappa shape index (κ3) is 3.07. The van der Waals surface area contributed by atoms with Crippen LogP contribution < -0.4 is 5.73 Å². The molecule has 1 aromatic carbocycles. The van der Waals surface area contributed by atoms with Crippen LogP contribution in [0.3, 0.4) is 0 Å². The predicted molar refractivity (Wildman–Crippen MR) is 71.2 cm³/mol. The monoisotopic (exact) mass is 290 g/mol. The standard InChI is InChI=1S/C14H14N2O5/c15-13(19)9-3-1-2-8(6-9)7-16-10(4-5-11(16)17)12(18)14(20)21/h1-3,6,10H,4-5,7H2,(H2,15,19)(H,20,21). The average Bonchev–Trinajstić information content (AvgIpc) is 2.79. The van der Waals surface area contributed by atoms with Crippen molar-refractivity contribution >= 4 is 23.6 Å². The van der Waals surface area contributed by atoms with Crippen LogP contribution in [0.1, 0.15) is 28.8 Å². The minimum Gasteiger partial charge on any atom is -0.475 e. The quantitative estimate of drug-likeness (QED) is 0.736. The summed E-state index contributed by atoms with van der Waals surface area (Å²) < 4.78 is 0. The van der Waals surface area contributed by atoms with Crippen LogP contribution in [0.4, 0.5) is 0 Å². The number of nitrogens with two attached hydrogens (primary N) is 1. The molecule has 2 rings (SSSR count). The maximum atomic E-state index is 11.8. The molecule has 1 unspecified atom stereocenters. The number of carboxylic acid groups (broad SMARTS) is 1. The van der Waals surface area contributed by atoms with Crippen molar-refractivity contribution < 1.29 is 24.3 Å². The number of hydrogen-bond donors (Lipinski definition) is 2. The van der Waals surface area contributed by atoms with Gasteiger partial charge in [-0.1, -0.05) is 12.1 Å². The number of hydrogen-bond acceptors (Lipinski definition) is 4. The second-order valence-corrected chi connectivity index (χ2v) is 4.81. The van der Waals surface area contributed by atoms with E-state index >= 15 is 0 Å². The van der Waals surface area contributed by atoms with E-state index in [2.05, 4.69) is 0 Å². The number of amides is 2. The van der Waals surface area contributed by atoms with Gasteiger partial charge in [0, 0.05) is 18.5 Å². The Morgan fingerprint density at radius 3 is 2.67 bits per heavy atom. The normalized spacial score (nSPS) is 17.8. The van der Waals surface area contributed by atoms with Crippen LogP contribution in [0.15, 0.2) is 24.3 Å². The number of primary amides is 1. The van der Waals surface area contributed by atoms with Gasteiger partial charge < -0.3 is 15.7 Å². The first-order valence-electron chi connectivity index (χ1n) is 6.35. The first-order valence-corrected chi connectivity index (χ1v) is 6.35. The molecule has 0 bridgehead atoms. The van der Waals surface area contributed by atoms with E-state index < -0.39 is 23.7 Å². The van der Waals surface area contributed by atoms with Crippen LogP contribution in [-0.4, -0.2) is 39.6 Å². The van der Waals surface area contributed by atoms with Crippen molar-refractivity contribution in [2.75, 3.05) is 0 Å². The number of carboxylic acids is 1. The number of ketones is 1. The summed E-state index contributed by atoms with van der Waals surface area (Å²) in [6.07, 6.45) is 0.332. The topological polar surface area (TPSA) is 118 Å². The van der Waals surface area contributed by atoms with Crippen LogP contribution in [0.2, 0.25) is 0 Å². The van der Waals surface area contributed by atoms with Gasteiger partial charge in [0.25, 0.3) is 5.78 Å². The summed E-state index contributed by atoms with van der Waals surface area (Å²) in [5, 5.41) is 8.78. The molecule has 1 saturated heterocycles. The Kier molecular flexibility index (Phi) is 4.02. The fourth-order valence-electron chi connectivity index (χ4n) is 2.37. The molecule has 1 aliphatic heterocycles. The van der Waals surface area contributed by atoms with Crippen molar-refractivity contribution in [3.63, 3.8) is 0 Å². The van der Waals surface area contributed by atoms with Crippen molar-refractivity contribution in [3.8, 4) is 0 Å². The lowest BCUT2D eigenvalue weighted by atomic mass is 10.1. The van der Waals surface area contributed by atoms with Crippen molar-refractivity contribution in [1.82, 2.24) is 4.90 Å². The average molecular weight is 290 g/mol. The Bertz CT molecular complexity index is 626. The fourth-order valence-corrected chi connectivity index (χ4v) is 2.37. The third-order valence-electron chi connectivity index (χ3n) is 3.41. The molecule has 110 valence electrons.